The highest BCUT2D eigenvalue weighted by atomic mass is 16.5. The summed E-state index contributed by atoms with van der Waals surface area (Å²) < 4.78 is 11.0. The van der Waals surface area contributed by atoms with E-state index in [0.717, 1.165) is 75.1 Å². The molecule has 2 aliphatic rings. The first kappa shape index (κ1) is 23.2. The van der Waals surface area contributed by atoms with Crippen molar-refractivity contribution in [1.82, 2.24) is 20.0 Å². The minimum atomic E-state index is 0.278. The van der Waals surface area contributed by atoms with Crippen LogP contribution in [-0.2, 0) is 11.3 Å². The van der Waals surface area contributed by atoms with Gasteiger partial charge in [0.15, 0.2) is 17.5 Å². The van der Waals surface area contributed by atoms with Crippen LogP contribution in [0.25, 0.3) is 0 Å². The van der Waals surface area contributed by atoms with E-state index >= 15 is 0 Å². The summed E-state index contributed by atoms with van der Waals surface area (Å²) in [6, 6.07) is 5.97. The van der Waals surface area contributed by atoms with Gasteiger partial charge in [-0.2, -0.15) is 0 Å². The van der Waals surface area contributed by atoms with E-state index in [4.69, 9.17) is 9.47 Å². The van der Waals surface area contributed by atoms with Crippen molar-refractivity contribution >= 4 is 11.9 Å². The summed E-state index contributed by atoms with van der Waals surface area (Å²) in [4.78, 5) is 23.5. The van der Waals surface area contributed by atoms with Gasteiger partial charge >= 0.3 is 0 Å². The fourth-order valence-electron chi connectivity index (χ4n) is 4.17. The SMILES string of the molecule is CCOc1cc(CNC(=NC)N2CCN(CC(=O)N3CCCCC3)CC2)ccc1OC. The summed E-state index contributed by atoms with van der Waals surface area (Å²) in [5.74, 6) is 2.66. The van der Waals surface area contributed by atoms with Crippen molar-refractivity contribution in [1.29, 1.82) is 0 Å². The van der Waals surface area contributed by atoms with Crippen molar-refractivity contribution in [3.8, 4) is 11.5 Å². The summed E-state index contributed by atoms with van der Waals surface area (Å²) >= 11 is 0. The number of nitrogens with one attached hydrogen (secondary N) is 1. The minimum absolute atomic E-state index is 0.278. The van der Waals surface area contributed by atoms with Gasteiger partial charge in [-0.15, -0.1) is 0 Å². The lowest BCUT2D eigenvalue weighted by Gasteiger charge is -2.37. The Kier molecular flexibility index (Phi) is 8.82. The number of piperazine rings is 1. The number of rotatable bonds is 7. The summed E-state index contributed by atoms with van der Waals surface area (Å²) in [7, 11) is 3.46. The number of amides is 1. The van der Waals surface area contributed by atoms with Crippen LogP contribution in [-0.4, -0.2) is 93.1 Å². The Morgan fingerprint density at radius 2 is 1.77 bits per heavy atom. The molecule has 2 heterocycles. The van der Waals surface area contributed by atoms with Crippen LogP contribution >= 0.6 is 0 Å². The Morgan fingerprint density at radius 1 is 1.03 bits per heavy atom. The maximum atomic E-state index is 12.5. The standard InChI is InChI=1S/C23H37N5O3/c1-4-31-21-16-19(8-9-20(21)30-3)17-25-23(24-2)28-14-12-26(13-15-28)18-22(29)27-10-6-5-7-11-27/h8-9,16H,4-7,10-15,17-18H2,1-3H3,(H,24,25). The second-order valence-corrected chi connectivity index (χ2v) is 8.02. The fourth-order valence-corrected chi connectivity index (χ4v) is 4.17. The third-order valence-corrected chi connectivity index (χ3v) is 5.93. The average Bonchev–Trinajstić information content (AvgIpc) is 2.81. The minimum Gasteiger partial charge on any atom is -0.493 e. The van der Waals surface area contributed by atoms with Gasteiger partial charge in [0.2, 0.25) is 5.91 Å². The van der Waals surface area contributed by atoms with E-state index in [9.17, 15) is 4.79 Å². The van der Waals surface area contributed by atoms with E-state index in [-0.39, 0.29) is 5.91 Å². The molecule has 0 atom stereocenters. The second kappa shape index (κ2) is 11.8. The van der Waals surface area contributed by atoms with Gasteiger partial charge in [-0.05, 0) is 43.9 Å². The van der Waals surface area contributed by atoms with Gasteiger partial charge < -0.3 is 24.6 Å². The Bertz CT molecular complexity index is 741. The highest BCUT2D eigenvalue weighted by molar-refractivity contribution is 5.80. The number of likely N-dealkylation sites (tertiary alicyclic amines) is 1. The number of carbonyl (C=O) groups excluding carboxylic acids is 1. The van der Waals surface area contributed by atoms with Crippen LogP contribution in [0.4, 0.5) is 0 Å². The number of hydrogen-bond donors (Lipinski definition) is 1. The van der Waals surface area contributed by atoms with Gasteiger partial charge in [-0.3, -0.25) is 14.7 Å². The lowest BCUT2D eigenvalue weighted by molar-refractivity contribution is -0.133. The quantitative estimate of drug-likeness (QED) is 0.525. The number of aliphatic imine (C=N–C) groups is 1. The second-order valence-electron chi connectivity index (χ2n) is 8.02. The molecule has 2 saturated heterocycles. The number of piperidine rings is 1. The lowest BCUT2D eigenvalue weighted by Crippen LogP contribution is -2.54. The van der Waals surface area contributed by atoms with E-state index in [1.165, 1.54) is 6.42 Å². The number of benzene rings is 1. The molecular formula is C23H37N5O3. The van der Waals surface area contributed by atoms with Crippen molar-refractivity contribution in [3.63, 3.8) is 0 Å². The van der Waals surface area contributed by atoms with Crippen LogP contribution in [0.5, 0.6) is 11.5 Å². The van der Waals surface area contributed by atoms with Crippen molar-refractivity contribution in [2.45, 2.75) is 32.7 Å². The Labute approximate surface area is 186 Å². The van der Waals surface area contributed by atoms with Crippen molar-refractivity contribution in [2.24, 2.45) is 4.99 Å². The first-order valence-corrected chi connectivity index (χ1v) is 11.4. The third kappa shape index (κ3) is 6.50. The molecule has 1 aromatic carbocycles. The third-order valence-electron chi connectivity index (χ3n) is 5.93. The van der Waals surface area contributed by atoms with Crippen LogP contribution < -0.4 is 14.8 Å². The number of methoxy groups -OCH3 is 1. The molecule has 1 amide bonds. The molecule has 8 heteroatoms. The summed E-state index contributed by atoms with van der Waals surface area (Å²) in [5.41, 5.74) is 1.11. The van der Waals surface area contributed by atoms with Gasteiger partial charge in [-0.1, -0.05) is 6.07 Å². The van der Waals surface area contributed by atoms with Crippen LogP contribution in [0.1, 0.15) is 31.7 Å². The summed E-state index contributed by atoms with van der Waals surface area (Å²) in [5, 5.41) is 3.46. The molecule has 8 nitrogen and oxygen atoms in total. The predicted octanol–water partition coefficient (Wildman–Crippen LogP) is 1.80. The molecule has 0 radical (unpaired) electrons. The Balaban J connectivity index is 1.47. The highest BCUT2D eigenvalue weighted by Gasteiger charge is 2.24. The maximum Gasteiger partial charge on any atom is 0.236 e. The topological polar surface area (TPSA) is 69.6 Å². The van der Waals surface area contributed by atoms with Crippen LogP contribution in [0.2, 0.25) is 0 Å². The summed E-state index contributed by atoms with van der Waals surface area (Å²) in [6.07, 6.45) is 3.53. The molecule has 0 aliphatic carbocycles. The molecular weight excluding hydrogens is 394 g/mol. The van der Waals surface area contributed by atoms with Gasteiger partial charge in [-0.25, -0.2) is 0 Å². The molecule has 0 unspecified atom stereocenters. The molecule has 172 valence electrons. The van der Waals surface area contributed by atoms with E-state index in [1.807, 2.05) is 37.1 Å². The lowest BCUT2D eigenvalue weighted by atomic mass is 10.1. The van der Waals surface area contributed by atoms with Gasteiger partial charge in [0.05, 0.1) is 20.3 Å². The van der Waals surface area contributed by atoms with Gasteiger partial charge in [0, 0.05) is 52.9 Å². The zero-order chi connectivity index (χ0) is 22.1. The average molecular weight is 432 g/mol. The smallest absolute Gasteiger partial charge is 0.236 e. The zero-order valence-electron chi connectivity index (χ0n) is 19.2. The van der Waals surface area contributed by atoms with Crippen LogP contribution in [0.15, 0.2) is 23.2 Å². The van der Waals surface area contributed by atoms with Gasteiger partial charge in [0.1, 0.15) is 0 Å². The number of ether oxygens (including phenoxy) is 2. The maximum absolute atomic E-state index is 12.5. The van der Waals surface area contributed by atoms with Crippen molar-refractivity contribution in [2.75, 3.05) is 66.6 Å². The number of nitrogens with zero attached hydrogens (tertiary/aromatic N) is 4. The molecule has 1 aromatic rings. The highest BCUT2D eigenvalue weighted by Crippen LogP contribution is 2.28. The molecule has 2 fully saturated rings. The molecule has 0 saturated carbocycles. The van der Waals surface area contributed by atoms with E-state index in [1.54, 1.807) is 7.11 Å². The Hall–Kier alpha value is -2.48. The number of hydrogen-bond acceptors (Lipinski definition) is 5. The normalized spacial score (nSPS) is 18.1. The molecule has 3 rings (SSSR count). The van der Waals surface area contributed by atoms with Gasteiger partial charge in [0.25, 0.3) is 0 Å². The first-order valence-electron chi connectivity index (χ1n) is 11.4. The first-order chi connectivity index (χ1) is 15.1. The van der Waals surface area contributed by atoms with Crippen molar-refractivity contribution in [3.05, 3.63) is 23.8 Å². The molecule has 0 bridgehead atoms. The number of carbonyl (C=O) groups is 1. The van der Waals surface area contributed by atoms with E-state index < -0.39 is 0 Å². The van der Waals surface area contributed by atoms with Crippen LogP contribution in [0, 0.1) is 0 Å². The molecule has 31 heavy (non-hydrogen) atoms. The molecule has 0 aromatic heterocycles. The van der Waals surface area contributed by atoms with Crippen LogP contribution in [0.3, 0.4) is 0 Å². The van der Waals surface area contributed by atoms with E-state index in [2.05, 4.69) is 20.1 Å². The Morgan fingerprint density at radius 3 is 2.42 bits per heavy atom. The molecule has 2 aliphatic heterocycles. The van der Waals surface area contributed by atoms with Crippen molar-refractivity contribution < 1.29 is 14.3 Å². The largest absolute Gasteiger partial charge is 0.493 e. The molecule has 0 spiro atoms. The monoisotopic (exact) mass is 431 g/mol. The fraction of sp³-hybridized carbons (Fsp3) is 0.652. The van der Waals surface area contributed by atoms with E-state index in [0.29, 0.717) is 19.7 Å². The number of guanidine groups is 1. The zero-order valence-corrected chi connectivity index (χ0v) is 19.2. The summed E-state index contributed by atoms with van der Waals surface area (Å²) in [6.45, 7) is 9.06. The molecule has 1 N–H and O–H groups in total. The predicted molar refractivity (Wildman–Crippen MR) is 123 cm³/mol.